The van der Waals surface area contributed by atoms with Gasteiger partial charge in [-0.25, -0.2) is 4.98 Å². The minimum Gasteiger partial charge on any atom is -0.384 e. The number of aromatic nitrogens is 1. The van der Waals surface area contributed by atoms with E-state index in [1.54, 1.807) is 0 Å². The molecule has 3 nitrogen and oxygen atoms in total. The van der Waals surface area contributed by atoms with Gasteiger partial charge in [-0.2, -0.15) is 13.2 Å². The van der Waals surface area contributed by atoms with Gasteiger partial charge in [-0.3, -0.25) is 5.41 Å². The van der Waals surface area contributed by atoms with Crippen LogP contribution in [0.2, 0.25) is 0 Å². The predicted octanol–water partition coefficient (Wildman–Crippen LogP) is 3.67. The molecule has 0 bridgehead atoms. The molecule has 0 amide bonds. The molecule has 0 saturated heterocycles. The summed E-state index contributed by atoms with van der Waals surface area (Å²) < 4.78 is 38.1. The molecule has 1 saturated carbocycles. The van der Waals surface area contributed by atoms with E-state index in [-0.39, 0.29) is 16.4 Å². The molecule has 0 atom stereocenters. The standard InChI is InChI=1S/C13H16F3N3S/c14-13(15,16)10-6-5-9(11(17)18)12(19-10)20-7-8-3-1-2-4-8/h5-6,8H,1-4,7H2,(H3,17,18). The van der Waals surface area contributed by atoms with E-state index in [4.69, 9.17) is 11.1 Å². The molecule has 0 spiro atoms. The van der Waals surface area contributed by atoms with Crippen LogP contribution < -0.4 is 5.73 Å². The van der Waals surface area contributed by atoms with Crippen LogP contribution in [-0.2, 0) is 6.18 Å². The number of hydrogen-bond donors (Lipinski definition) is 2. The summed E-state index contributed by atoms with van der Waals surface area (Å²) in [5.41, 5.74) is 4.75. The lowest BCUT2D eigenvalue weighted by Gasteiger charge is -2.13. The van der Waals surface area contributed by atoms with Crippen molar-refractivity contribution in [3.63, 3.8) is 0 Å². The lowest BCUT2D eigenvalue weighted by atomic mass is 10.1. The van der Waals surface area contributed by atoms with E-state index in [1.165, 1.54) is 30.7 Å². The molecule has 1 aromatic rings. The molecule has 1 heterocycles. The van der Waals surface area contributed by atoms with E-state index in [0.717, 1.165) is 24.7 Å². The molecule has 7 heteroatoms. The van der Waals surface area contributed by atoms with Gasteiger partial charge in [0.25, 0.3) is 0 Å². The summed E-state index contributed by atoms with van der Waals surface area (Å²) >= 11 is 1.27. The molecular weight excluding hydrogens is 287 g/mol. The molecular formula is C13H16F3N3S. The third-order valence-electron chi connectivity index (χ3n) is 3.37. The lowest BCUT2D eigenvalue weighted by molar-refractivity contribution is -0.141. The van der Waals surface area contributed by atoms with Gasteiger partial charge in [0.15, 0.2) is 0 Å². The quantitative estimate of drug-likeness (QED) is 0.507. The first-order chi connectivity index (χ1) is 9.38. The highest BCUT2D eigenvalue weighted by Crippen LogP contribution is 2.34. The normalized spacial score (nSPS) is 16.6. The second-order valence-corrected chi connectivity index (χ2v) is 5.93. The van der Waals surface area contributed by atoms with Crippen LogP contribution in [0.1, 0.15) is 36.9 Å². The number of amidine groups is 1. The summed E-state index contributed by atoms with van der Waals surface area (Å²) in [5.74, 6) is 1.01. The van der Waals surface area contributed by atoms with Gasteiger partial charge < -0.3 is 5.73 Å². The second-order valence-electron chi connectivity index (χ2n) is 4.92. The van der Waals surface area contributed by atoms with Crippen LogP contribution in [0, 0.1) is 11.3 Å². The Labute approximate surface area is 119 Å². The molecule has 1 aliphatic carbocycles. The Morgan fingerprint density at radius 2 is 2.00 bits per heavy atom. The summed E-state index contributed by atoms with van der Waals surface area (Å²) in [6, 6.07) is 2.10. The SMILES string of the molecule is N=C(N)c1ccc(C(F)(F)F)nc1SCC1CCCC1. The Bertz CT molecular complexity index is 496. The molecule has 110 valence electrons. The molecule has 3 N–H and O–H groups in total. The molecule has 1 fully saturated rings. The summed E-state index contributed by atoms with van der Waals surface area (Å²) in [6.07, 6.45) is 0.113. The Kier molecular flexibility index (Phi) is 4.57. The minimum atomic E-state index is -4.47. The van der Waals surface area contributed by atoms with E-state index >= 15 is 0 Å². The third kappa shape index (κ3) is 3.65. The average molecular weight is 303 g/mol. The van der Waals surface area contributed by atoms with E-state index in [9.17, 15) is 13.2 Å². The zero-order valence-corrected chi connectivity index (χ0v) is 11.7. The van der Waals surface area contributed by atoms with Crippen molar-refractivity contribution >= 4 is 17.6 Å². The molecule has 1 aromatic heterocycles. The number of alkyl halides is 3. The maximum absolute atomic E-state index is 12.7. The molecule has 20 heavy (non-hydrogen) atoms. The maximum Gasteiger partial charge on any atom is 0.433 e. The van der Waals surface area contributed by atoms with Crippen molar-refractivity contribution in [1.29, 1.82) is 5.41 Å². The van der Waals surface area contributed by atoms with Gasteiger partial charge in [-0.15, -0.1) is 11.8 Å². The Morgan fingerprint density at radius 1 is 1.35 bits per heavy atom. The number of nitrogens with zero attached hydrogens (tertiary/aromatic N) is 1. The number of thioether (sulfide) groups is 1. The number of hydrogen-bond acceptors (Lipinski definition) is 3. The topological polar surface area (TPSA) is 62.8 Å². The van der Waals surface area contributed by atoms with Crippen LogP contribution in [0.4, 0.5) is 13.2 Å². The highest BCUT2D eigenvalue weighted by molar-refractivity contribution is 7.99. The van der Waals surface area contributed by atoms with Gasteiger partial charge in [0, 0.05) is 11.3 Å². The van der Waals surface area contributed by atoms with Gasteiger partial charge >= 0.3 is 6.18 Å². The lowest BCUT2D eigenvalue weighted by Crippen LogP contribution is -2.16. The van der Waals surface area contributed by atoms with Gasteiger partial charge in [0.1, 0.15) is 16.6 Å². The first-order valence-electron chi connectivity index (χ1n) is 6.43. The fourth-order valence-corrected chi connectivity index (χ4v) is 3.51. The monoisotopic (exact) mass is 303 g/mol. The van der Waals surface area contributed by atoms with Crippen LogP contribution in [-0.4, -0.2) is 16.6 Å². The smallest absolute Gasteiger partial charge is 0.384 e. The molecule has 0 radical (unpaired) electrons. The first kappa shape index (κ1) is 15.2. The summed E-state index contributed by atoms with van der Waals surface area (Å²) in [4.78, 5) is 3.64. The summed E-state index contributed by atoms with van der Waals surface area (Å²) in [5, 5.41) is 7.64. The van der Waals surface area contributed by atoms with Crippen LogP contribution in [0.5, 0.6) is 0 Å². The fraction of sp³-hybridized carbons (Fsp3) is 0.538. The van der Waals surface area contributed by atoms with Crippen molar-refractivity contribution in [3.8, 4) is 0 Å². The third-order valence-corrected chi connectivity index (χ3v) is 4.59. The number of pyridine rings is 1. The Morgan fingerprint density at radius 3 is 2.55 bits per heavy atom. The largest absolute Gasteiger partial charge is 0.433 e. The van der Waals surface area contributed by atoms with E-state index in [0.29, 0.717) is 5.92 Å². The van der Waals surface area contributed by atoms with Gasteiger partial charge in [-0.05, 0) is 30.9 Å². The van der Waals surface area contributed by atoms with Crippen molar-refractivity contribution in [1.82, 2.24) is 4.98 Å². The van der Waals surface area contributed by atoms with E-state index in [2.05, 4.69) is 4.98 Å². The Balaban J connectivity index is 2.20. The zero-order chi connectivity index (χ0) is 14.8. The molecule has 0 aromatic carbocycles. The number of nitrogens with one attached hydrogen (secondary N) is 1. The maximum atomic E-state index is 12.7. The highest BCUT2D eigenvalue weighted by atomic mass is 32.2. The van der Waals surface area contributed by atoms with Crippen molar-refractivity contribution in [2.45, 2.75) is 36.9 Å². The Hall–Kier alpha value is -1.24. The minimum absolute atomic E-state index is 0.208. The van der Waals surface area contributed by atoms with Crippen molar-refractivity contribution in [3.05, 3.63) is 23.4 Å². The number of nitrogens with two attached hydrogens (primary N) is 1. The second kappa shape index (κ2) is 6.03. The predicted molar refractivity (Wildman–Crippen MR) is 72.9 cm³/mol. The van der Waals surface area contributed by atoms with Gasteiger partial charge in [0.05, 0.1) is 0 Å². The number of halogens is 3. The van der Waals surface area contributed by atoms with Crippen LogP contribution in [0.25, 0.3) is 0 Å². The van der Waals surface area contributed by atoms with E-state index < -0.39 is 11.9 Å². The zero-order valence-electron chi connectivity index (χ0n) is 10.8. The summed E-state index contributed by atoms with van der Waals surface area (Å²) in [6.45, 7) is 0. The molecule has 1 aliphatic rings. The molecule has 2 rings (SSSR count). The highest BCUT2D eigenvalue weighted by Gasteiger charge is 2.33. The van der Waals surface area contributed by atoms with Crippen molar-refractivity contribution < 1.29 is 13.2 Å². The molecule has 0 unspecified atom stereocenters. The van der Waals surface area contributed by atoms with Gasteiger partial charge in [0.2, 0.25) is 0 Å². The number of nitrogen functional groups attached to an aromatic ring is 1. The van der Waals surface area contributed by atoms with Crippen LogP contribution in [0.3, 0.4) is 0 Å². The van der Waals surface area contributed by atoms with Crippen molar-refractivity contribution in [2.24, 2.45) is 11.7 Å². The summed E-state index contributed by atoms with van der Waals surface area (Å²) in [7, 11) is 0. The fourth-order valence-electron chi connectivity index (χ4n) is 2.29. The molecule has 0 aliphatic heterocycles. The van der Waals surface area contributed by atoms with Crippen LogP contribution in [0.15, 0.2) is 17.2 Å². The first-order valence-corrected chi connectivity index (χ1v) is 7.42. The number of rotatable bonds is 4. The van der Waals surface area contributed by atoms with Gasteiger partial charge in [-0.1, -0.05) is 12.8 Å². The average Bonchev–Trinajstić information content (AvgIpc) is 2.87. The van der Waals surface area contributed by atoms with E-state index in [1.807, 2.05) is 0 Å². The van der Waals surface area contributed by atoms with Crippen LogP contribution >= 0.6 is 11.8 Å². The van der Waals surface area contributed by atoms with Crippen molar-refractivity contribution in [2.75, 3.05) is 5.75 Å².